The van der Waals surface area contributed by atoms with Crippen LogP contribution in [0.25, 0.3) is 0 Å². The van der Waals surface area contributed by atoms with Crippen molar-refractivity contribution in [3.63, 3.8) is 0 Å². The Bertz CT molecular complexity index is 679. The van der Waals surface area contributed by atoms with Crippen LogP contribution in [0.15, 0.2) is 28.8 Å². The Morgan fingerprint density at radius 2 is 1.88 bits per heavy atom. The summed E-state index contributed by atoms with van der Waals surface area (Å²) in [5, 5.41) is 6.79. The van der Waals surface area contributed by atoms with Gasteiger partial charge in [0.15, 0.2) is 17.3 Å². The van der Waals surface area contributed by atoms with Crippen molar-refractivity contribution in [3.05, 3.63) is 41.3 Å². The lowest BCUT2D eigenvalue weighted by Crippen LogP contribution is -2.22. The van der Waals surface area contributed by atoms with Crippen LogP contribution in [0.2, 0.25) is 0 Å². The van der Waals surface area contributed by atoms with E-state index in [9.17, 15) is 4.79 Å². The normalized spacial score (nSPS) is 10.7. The van der Waals surface area contributed by atoms with Gasteiger partial charge in [-0.15, -0.1) is 0 Å². The predicted molar refractivity (Wildman–Crippen MR) is 90.5 cm³/mol. The first-order valence-electron chi connectivity index (χ1n) is 8.18. The molecule has 24 heavy (non-hydrogen) atoms. The van der Waals surface area contributed by atoms with Gasteiger partial charge >= 0.3 is 0 Å². The van der Waals surface area contributed by atoms with Crippen molar-refractivity contribution in [2.24, 2.45) is 0 Å². The molecule has 1 aromatic carbocycles. The number of aromatic nitrogens is 1. The highest BCUT2D eigenvalue weighted by Gasteiger charge is 2.13. The molecule has 2 rings (SSSR count). The maximum Gasteiger partial charge on any atom is 0.251 e. The third kappa shape index (κ3) is 4.50. The van der Waals surface area contributed by atoms with Gasteiger partial charge in [-0.05, 0) is 38.0 Å². The zero-order chi connectivity index (χ0) is 17.5. The SMILES string of the molecule is CCOc1ccc(C(=O)NCc2cc(C(C)C)no2)cc1OCC. The molecular formula is C18H24N2O4. The van der Waals surface area contributed by atoms with Crippen LogP contribution in [0.4, 0.5) is 0 Å². The second kappa shape index (κ2) is 8.38. The minimum atomic E-state index is -0.207. The van der Waals surface area contributed by atoms with Crippen LogP contribution in [0.5, 0.6) is 11.5 Å². The Hall–Kier alpha value is -2.50. The highest BCUT2D eigenvalue weighted by Crippen LogP contribution is 2.28. The number of ether oxygens (including phenoxy) is 2. The van der Waals surface area contributed by atoms with Crippen molar-refractivity contribution in [3.8, 4) is 11.5 Å². The largest absolute Gasteiger partial charge is 0.490 e. The monoisotopic (exact) mass is 332 g/mol. The van der Waals surface area contributed by atoms with Crippen molar-refractivity contribution < 1.29 is 18.8 Å². The van der Waals surface area contributed by atoms with Crippen molar-refractivity contribution in [2.75, 3.05) is 13.2 Å². The number of carbonyl (C=O) groups excluding carboxylic acids is 1. The molecule has 130 valence electrons. The fourth-order valence-electron chi connectivity index (χ4n) is 2.15. The van der Waals surface area contributed by atoms with Crippen LogP contribution >= 0.6 is 0 Å². The van der Waals surface area contributed by atoms with E-state index < -0.39 is 0 Å². The van der Waals surface area contributed by atoms with E-state index in [0.29, 0.717) is 36.0 Å². The smallest absolute Gasteiger partial charge is 0.251 e. The molecule has 0 saturated carbocycles. The first-order chi connectivity index (χ1) is 11.5. The van der Waals surface area contributed by atoms with E-state index in [1.807, 2.05) is 33.8 Å². The molecule has 0 bridgehead atoms. The molecule has 6 heteroatoms. The van der Waals surface area contributed by atoms with E-state index in [1.54, 1.807) is 18.2 Å². The predicted octanol–water partition coefficient (Wildman–Crippen LogP) is 3.53. The number of benzene rings is 1. The molecule has 1 aromatic heterocycles. The first-order valence-corrected chi connectivity index (χ1v) is 8.18. The van der Waals surface area contributed by atoms with E-state index in [1.165, 1.54) is 0 Å². The third-order valence-corrected chi connectivity index (χ3v) is 3.40. The molecule has 0 unspecified atom stereocenters. The molecule has 1 N–H and O–H groups in total. The number of hydrogen-bond acceptors (Lipinski definition) is 5. The first kappa shape index (κ1) is 17.8. The quantitative estimate of drug-likeness (QED) is 0.800. The van der Waals surface area contributed by atoms with Crippen LogP contribution in [-0.2, 0) is 6.54 Å². The van der Waals surface area contributed by atoms with Gasteiger partial charge in [0.05, 0.1) is 25.5 Å². The molecule has 0 aliphatic carbocycles. The molecule has 0 aliphatic rings. The average Bonchev–Trinajstić information content (AvgIpc) is 3.04. The topological polar surface area (TPSA) is 73.6 Å². The van der Waals surface area contributed by atoms with Crippen LogP contribution < -0.4 is 14.8 Å². The summed E-state index contributed by atoms with van der Waals surface area (Å²) in [6.07, 6.45) is 0. The van der Waals surface area contributed by atoms with Gasteiger partial charge < -0.3 is 19.3 Å². The van der Waals surface area contributed by atoms with E-state index in [-0.39, 0.29) is 18.4 Å². The molecule has 0 fully saturated rings. The van der Waals surface area contributed by atoms with Crippen molar-refractivity contribution in [1.29, 1.82) is 0 Å². The van der Waals surface area contributed by atoms with E-state index in [0.717, 1.165) is 5.69 Å². The molecule has 0 radical (unpaired) electrons. The van der Waals surface area contributed by atoms with Crippen LogP contribution in [0, 0.1) is 0 Å². The summed E-state index contributed by atoms with van der Waals surface area (Å²) in [6, 6.07) is 7.00. The second-order valence-electron chi connectivity index (χ2n) is 5.58. The molecule has 0 saturated heterocycles. The zero-order valence-electron chi connectivity index (χ0n) is 14.6. The lowest BCUT2D eigenvalue weighted by Gasteiger charge is -2.12. The molecular weight excluding hydrogens is 308 g/mol. The average molecular weight is 332 g/mol. The molecule has 1 heterocycles. The summed E-state index contributed by atoms with van der Waals surface area (Å²) in [7, 11) is 0. The lowest BCUT2D eigenvalue weighted by molar-refractivity contribution is 0.0946. The molecule has 6 nitrogen and oxygen atoms in total. The number of hydrogen-bond donors (Lipinski definition) is 1. The van der Waals surface area contributed by atoms with E-state index >= 15 is 0 Å². The maximum absolute atomic E-state index is 12.3. The zero-order valence-corrected chi connectivity index (χ0v) is 14.6. The molecule has 0 spiro atoms. The highest BCUT2D eigenvalue weighted by molar-refractivity contribution is 5.94. The van der Waals surface area contributed by atoms with Gasteiger partial charge in [0.2, 0.25) is 0 Å². The summed E-state index contributed by atoms with van der Waals surface area (Å²) in [6.45, 7) is 9.19. The minimum absolute atomic E-state index is 0.207. The third-order valence-electron chi connectivity index (χ3n) is 3.40. The second-order valence-corrected chi connectivity index (χ2v) is 5.58. The fraction of sp³-hybridized carbons (Fsp3) is 0.444. The van der Waals surface area contributed by atoms with Crippen LogP contribution in [0.3, 0.4) is 0 Å². The van der Waals surface area contributed by atoms with Gasteiger partial charge in [0.25, 0.3) is 5.91 Å². The minimum Gasteiger partial charge on any atom is -0.490 e. The van der Waals surface area contributed by atoms with Crippen molar-refractivity contribution in [2.45, 2.75) is 40.2 Å². The Morgan fingerprint density at radius 1 is 1.17 bits per heavy atom. The number of nitrogens with zero attached hydrogens (tertiary/aromatic N) is 1. The summed E-state index contributed by atoms with van der Waals surface area (Å²) in [4.78, 5) is 12.3. The number of amides is 1. The maximum atomic E-state index is 12.3. The van der Waals surface area contributed by atoms with Crippen molar-refractivity contribution >= 4 is 5.91 Å². The summed E-state index contributed by atoms with van der Waals surface area (Å²) in [5.74, 6) is 1.91. The standard InChI is InChI=1S/C18H24N2O4/c1-5-22-16-8-7-13(9-17(16)23-6-2)18(21)19-11-14-10-15(12(3)4)20-24-14/h7-10,12H,5-6,11H2,1-4H3,(H,19,21). The number of nitrogens with one attached hydrogen (secondary N) is 1. The molecule has 0 aliphatic heterocycles. The van der Waals surface area contributed by atoms with Gasteiger partial charge in [0, 0.05) is 11.6 Å². The Labute approximate surface area is 142 Å². The summed E-state index contributed by atoms with van der Waals surface area (Å²) >= 11 is 0. The number of rotatable bonds is 8. The van der Waals surface area contributed by atoms with Gasteiger partial charge in [-0.25, -0.2) is 0 Å². The van der Waals surface area contributed by atoms with Gasteiger partial charge in [0.1, 0.15) is 0 Å². The van der Waals surface area contributed by atoms with Crippen LogP contribution in [-0.4, -0.2) is 24.3 Å². The van der Waals surface area contributed by atoms with Gasteiger partial charge in [-0.3, -0.25) is 4.79 Å². The summed E-state index contributed by atoms with van der Waals surface area (Å²) in [5.41, 5.74) is 1.38. The van der Waals surface area contributed by atoms with E-state index in [4.69, 9.17) is 14.0 Å². The van der Waals surface area contributed by atoms with Crippen LogP contribution in [0.1, 0.15) is 55.4 Å². The Kier molecular flexibility index (Phi) is 6.23. The summed E-state index contributed by atoms with van der Waals surface area (Å²) < 4.78 is 16.3. The molecule has 2 aromatic rings. The van der Waals surface area contributed by atoms with Crippen molar-refractivity contribution in [1.82, 2.24) is 10.5 Å². The Morgan fingerprint density at radius 3 is 2.50 bits per heavy atom. The molecule has 0 atom stereocenters. The lowest BCUT2D eigenvalue weighted by atomic mass is 10.1. The Balaban J connectivity index is 2.04. The van der Waals surface area contributed by atoms with Gasteiger partial charge in [-0.1, -0.05) is 19.0 Å². The fourth-order valence-corrected chi connectivity index (χ4v) is 2.15. The van der Waals surface area contributed by atoms with E-state index in [2.05, 4.69) is 10.5 Å². The highest BCUT2D eigenvalue weighted by atomic mass is 16.5. The van der Waals surface area contributed by atoms with Gasteiger partial charge in [-0.2, -0.15) is 0 Å². The molecule has 1 amide bonds. The number of carbonyl (C=O) groups is 1.